The predicted molar refractivity (Wildman–Crippen MR) is 69.6 cm³/mol. The maximum Gasteiger partial charge on any atom is 0.307 e. The Kier molecular flexibility index (Phi) is 2.71. The normalized spacial score (nSPS) is 12.3. The molecule has 1 aromatic heterocycles. The van der Waals surface area contributed by atoms with Crippen LogP contribution in [0.4, 0.5) is 0 Å². The fourth-order valence-corrected chi connectivity index (χ4v) is 2.32. The van der Waals surface area contributed by atoms with Gasteiger partial charge in [-0.15, -0.1) is 0 Å². The largest absolute Gasteiger partial charge is 0.481 e. The van der Waals surface area contributed by atoms with Crippen molar-refractivity contribution in [3.63, 3.8) is 0 Å². The minimum atomic E-state index is -0.824. The minimum absolute atomic E-state index is 0.0339. The molecule has 0 atom stereocenters. The van der Waals surface area contributed by atoms with Crippen molar-refractivity contribution in [2.75, 3.05) is 0 Å². The van der Waals surface area contributed by atoms with E-state index < -0.39 is 5.97 Å². The highest BCUT2D eigenvalue weighted by atomic mass is 16.5. The van der Waals surface area contributed by atoms with E-state index in [1.165, 1.54) is 0 Å². The van der Waals surface area contributed by atoms with Crippen LogP contribution in [0.1, 0.15) is 22.3 Å². The maximum atomic E-state index is 10.7. The Morgan fingerprint density at radius 1 is 1.42 bits per heavy atom. The van der Waals surface area contributed by atoms with Gasteiger partial charge in [-0.1, -0.05) is 12.1 Å². The number of hydrogen-bond donors (Lipinski definition) is 1. The maximum absolute atomic E-state index is 10.7. The number of pyridine rings is 1. The number of aryl methyl sites for hydroxylation is 1. The topological polar surface area (TPSA) is 59.4 Å². The number of hydrogen-bond acceptors (Lipinski definition) is 3. The molecular weight excluding hydrogens is 242 g/mol. The van der Waals surface area contributed by atoms with Gasteiger partial charge in [0.1, 0.15) is 5.75 Å². The highest BCUT2D eigenvalue weighted by Crippen LogP contribution is 2.36. The molecule has 2 aromatic rings. The lowest BCUT2D eigenvalue weighted by Gasteiger charge is -2.21. The number of carbonyl (C=O) groups is 1. The van der Waals surface area contributed by atoms with Crippen molar-refractivity contribution in [2.24, 2.45) is 0 Å². The van der Waals surface area contributed by atoms with Crippen LogP contribution in [-0.4, -0.2) is 16.1 Å². The molecule has 1 aliphatic heterocycles. The molecule has 0 spiro atoms. The standard InChI is InChI=1S/C15H13NO3/c1-9-4-5-16-15-12(9)8-11-6-10(7-14(17)18)2-3-13(11)19-15/h2-6H,7-8H2,1H3,(H,17,18). The second-order valence-corrected chi connectivity index (χ2v) is 4.70. The average Bonchev–Trinajstić information content (AvgIpc) is 2.37. The first-order valence-electron chi connectivity index (χ1n) is 6.09. The number of fused-ring (bicyclic) bond motifs is 2. The Balaban J connectivity index is 1.99. The first-order valence-corrected chi connectivity index (χ1v) is 6.09. The summed E-state index contributed by atoms with van der Waals surface area (Å²) in [5, 5.41) is 8.83. The summed E-state index contributed by atoms with van der Waals surface area (Å²) < 4.78 is 5.76. The van der Waals surface area contributed by atoms with Gasteiger partial charge >= 0.3 is 5.97 Å². The molecule has 1 aromatic carbocycles. The highest BCUT2D eigenvalue weighted by molar-refractivity contribution is 5.70. The number of rotatable bonds is 2. The van der Waals surface area contributed by atoms with Crippen LogP contribution in [0.5, 0.6) is 11.6 Å². The van der Waals surface area contributed by atoms with Gasteiger partial charge in [-0.2, -0.15) is 0 Å². The lowest BCUT2D eigenvalue weighted by Crippen LogP contribution is -2.08. The van der Waals surface area contributed by atoms with Crippen molar-refractivity contribution >= 4 is 5.97 Å². The molecule has 0 saturated carbocycles. The monoisotopic (exact) mass is 255 g/mol. The number of ether oxygens (including phenoxy) is 1. The first kappa shape index (κ1) is 11.7. The van der Waals surface area contributed by atoms with E-state index in [0.29, 0.717) is 5.88 Å². The summed E-state index contributed by atoms with van der Waals surface area (Å²) in [6.07, 6.45) is 2.50. The zero-order chi connectivity index (χ0) is 13.4. The lowest BCUT2D eigenvalue weighted by molar-refractivity contribution is -0.136. The van der Waals surface area contributed by atoms with E-state index in [0.717, 1.165) is 34.4 Å². The zero-order valence-corrected chi connectivity index (χ0v) is 10.5. The molecule has 2 heterocycles. The molecule has 96 valence electrons. The Morgan fingerprint density at radius 3 is 3.05 bits per heavy atom. The van der Waals surface area contributed by atoms with E-state index in [1.54, 1.807) is 12.3 Å². The van der Waals surface area contributed by atoms with Crippen LogP contribution < -0.4 is 4.74 Å². The third-order valence-electron chi connectivity index (χ3n) is 3.30. The summed E-state index contributed by atoms with van der Waals surface area (Å²) >= 11 is 0. The number of nitrogens with zero attached hydrogens (tertiary/aromatic N) is 1. The smallest absolute Gasteiger partial charge is 0.307 e. The lowest BCUT2D eigenvalue weighted by atomic mass is 9.97. The second kappa shape index (κ2) is 4.39. The number of aliphatic carboxylic acids is 1. The van der Waals surface area contributed by atoms with Gasteiger partial charge in [-0.05, 0) is 35.7 Å². The quantitative estimate of drug-likeness (QED) is 0.764. The molecule has 0 saturated heterocycles. The van der Waals surface area contributed by atoms with Crippen LogP contribution in [0, 0.1) is 6.92 Å². The highest BCUT2D eigenvalue weighted by Gasteiger charge is 2.20. The van der Waals surface area contributed by atoms with Gasteiger partial charge in [0.25, 0.3) is 0 Å². The van der Waals surface area contributed by atoms with Crippen LogP contribution in [0.3, 0.4) is 0 Å². The summed E-state index contributed by atoms with van der Waals surface area (Å²) in [5.74, 6) is 0.591. The van der Waals surface area contributed by atoms with E-state index in [2.05, 4.69) is 4.98 Å². The number of carboxylic acids is 1. The molecule has 0 bridgehead atoms. The second-order valence-electron chi connectivity index (χ2n) is 4.70. The molecule has 0 amide bonds. The molecule has 0 fully saturated rings. The fraction of sp³-hybridized carbons (Fsp3) is 0.200. The summed E-state index contributed by atoms with van der Waals surface area (Å²) in [5.41, 5.74) is 4.02. The number of benzene rings is 1. The molecule has 3 rings (SSSR count). The van der Waals surface area contributed by atoms with Crippen molar-refractivity contribution in [2.45, 2.75) is 19.8 Å². The van der Waals surface area contributed by atoms with Crippen LogP contribution in [-0.2, 0) is 17.6 Å². The molecule has 1 N–H and O–H groups in total. The van der Waals surface area contributed by atoms with Crippen LogP contribution >= 0.6 is 0 Å². The minimum Gasteiger partial charge on any atom is -0.481 e. The third-order valence-corrected chi connectivity index (χ3v) is 3.30. The zero-order valence-electron chi connectivity index (χ0n) is 10.5. The molecule has 0 radical (unpaired) electrons. The summed E-state index contributed by atoms with van der Waals surface area (Å²) in [7, 11) is 0. The van der Waals surface area contributed by atoms with Gasteiger partial charge in [0.2, 0.25) is 5.88 Å². The molecule has 19 heavy (non-hydrogen) atoms. The van der Waals surface area contributed by atoms with Crippen molar-refractivity contribution in [1.82, 2.24) is 4.98 Å². The Labute approximate surface area is 110 Å². The van der Waals surface area contributed by atoms with Crippen LogP contribution in [0.25, 0.3) is 0 Å². The molecule has 4 nitrogen and oxygen atoms in total. The van der Waals surface area contributed by atoms with Gasteiger partial charge in [0.05, 0.1) is 6.42 Å². The van der Waals surface area contributed by atoms with Crippen LogP contribution in [0.2, 0.25) is 0 Å². The molecule has 4 heteroatoms. The Morgan fingerprint density at radius 2 is 2.26 bits per heavy atom. The van der Waals surface area contributed by atoms with E-state index in [4.69, 9.17) is 9.84 Å². The third kappa shape index (κ3) is 2.17. The summed E-state index contributed by atoms with van der Waals surface area (Å²) in [6.45, 7) is 2.02. The molecular formula is C15H13NO3. The average molecular weight is 255 g/mol. The van der Waals surface area contributed by atoms with Crippen molar-refractivity contribution < 1.29 is 14.6 Å². The van der Waals surface area contributed by atoms with E-state index >= 15 is 0 Å². The van der Waals surface area contributed by atoms with Gasteiger partial charge in [0.15, 0.2) is 0 Å². The van der Waals surface area contributed by atoms with Gasteiger partial charge < -0.3 is 9.84 Å². The predicted octanol–water partition coefficient (Wildman–Crippen LogP) is 2.71. The van der Waals surface area contributed by atoms with Crippen molar-refractivity contribution in [3.8, 4) is 11.6 Å². The molecule has 0 unspecified atom stereocenters. The Hall–Kier alpha value is -2.36. The Bertz CT molecular complexity index is 664. The number of carboxylic acid groups (broad SMARTS) is 1. The van der Waals surface area contributed by atoms with Gasteiger partial charge in [-0.3, -0.25) is 4.79 Å². The molecule has 1 aliphatic rings. The fourth-order valence-electron chi connectivity index (χ4n) is 2.32. The summed E-state index contributed by atoms with van der Waals surface area (Å²) in [4.78, 5) is 15.0. The van der Waals surface area contributed by atoms with E-state index in [-0.39, 0.29) is 6.42 Å². The van der Waals surface area contributed by atoms with Crippen molar-refractivity contribution in [3.05, 3.63) is 52.7 Å². The SMILES string of the molecule is Cc1ccnc2c1Cc1cc(CC(=O)O)ccc1O2. The van der Waals surface area contributed by atoms with Crippen molar-refractivity contribution in [1.29, 1.82) is 0 Å². The van der Waals surface area contributed by atoms with E-state index in [1.807, 2.05) is 25.1 Å². The molecule has 0 aliphatic carbocycles. The van der Waals surface area contributed by atoms with E-state index in [9.17, 15) is 4.79 Å². The van der Waals surface area contributed by atoms with Gasteiger partial charge in [-0.25, -0.2) is 4.98 Å². The van der Waals surface area contributed by atoms with Crippen LogP contribution in [0.15, 0.2) is 30.5 Å². The number of aromatic nitrogens is 1. The first-order chi connectivity index (χ1) is 9.13. The van der Waals surface area contributed by atoms with Gasteiger partial charge in [0, 0.05) is 18.2 Å². The summed E-state index contributed by atoms with van der Waals surface area (Å²) in [6, 6.07) is 7.46.